The van der Waals surface area contributed by atoms with Crippen molar-refractivity contribution in [2.24, 2.45) is 5.92 Å². The standard InChI is InChI=1S/C15H17NO3/c17-14(18)11-16(13-9-5-2-6-10-13)15(19)12-7-3-1-4-8-12/h1-3,5-6,9-10,12H,4,7-8,11H2,(H,17,18). The molecule has 0 radical (unpaired) electrons. The van der Waals surface area contributed by atoms with Crippen LogP contribution in [0.4, 0.5) is 5.69 Å². The summed E-state index contributed by atoms with van der Waals surface area (Å²) in [4.78, 5) is 24.8. The molecule has 0 heterocycles. The number of carbonyl (C=O) groups is 2. The summed E-state index contributed by atoms with van der Waals surface area (Å²) in [6, 6.07) is 8.98. The summed E-state index contributed by atoms with van der Waals surface area (Å²) >= 11 is 0. The lowest BCUT2D eigenvalue weighted by Gasteiger charge is -2.26. The van der Waals surface area contributed by atoms with E-state index in [0.29, 0.717) is 12.1 Å². The van der Waals surface area contributed by atoms with Gasteiger partial charge in [-0.3, -0.25) is 9.59 Å². The van der Waals surface area contributed by atoms with Gasteiger partial charge in [0.05, 0.1) is 0 Å². The molecule has 0 saturated carbocycles. The van der Waals surface area contributed by atoms with Gasteiger partial charge in [0.1, 0.15) is 6.54 Å². The number of rotatable bonds is 4. The fourth-order valence-electron chi connectivity index (χ4n) is 2.28. The fourth-order valence-corrected chi connectivity index (χ4v) is 2.28. The molecule has 1 aliphatic carbocycles. The predicted octanol–water partition coefficient (Wildman–Crippen LogP) is 2.46. The van der Waals surface area contributed by atoms with E-state index in [0.717, 1.165) is 12.8 Å². The Morgan fingerprint density at radius 1 is 1.21 bits per heavy atom. The number of anilines is 1. The molecule has 1 aromatic carbocycles. The van der Waals surface area contributed by atoms with Gasteiger partial charge in [-0.1, -0.05) is 30.4 Å². The Bertz CT molecular complexity index is 481. The molecule has 100 valence electrons. The van der Waals surface area contributed by atoms with Crippen LogP contribution in [0.3, 0.4) is 0 Å². The lowest BCUT2D eigenvalue weighted by molar-refractivity contribution is -0.137. The minimum atomic E-state index is -0.997. The molecule has 1 aliphatic rings. The first kappa shape index (κ1) is 13.3. The van der Waals surface area contributed by atoms with Crippen LogP contribution in [0.5, 0.6) is 0 Å². The van der Waals surface area contributed by atoms with Gasteiger partial charge in [-0.25, -0.2) is 0 Å². The minimum absolute atomic E-state index is 0.0991. The van der Waals surface area contributed by atoms with E-state index in [4.69, 9.17) is 5.11 Å². The van der Waals surface area contributed by atoms with E-state index in [1.54, 1.807) is 24.3 Å². The molecule has 1 atom stereocenters. The number of aliphatic carboxylic acids is 1. The average molecular weight is 259 g/mol. The molecule has 0 aliphatic heterocycles. The molecule has 0 bridgehead atoms. The maximum atomic E-state index is 12.5. The van der Waals surface area contributed by atoms with Gasteiger partial charge < -0.3 is 10.0 Å². The predicted molar refractivity (Wildman–Crippen MR) is 72.9 cm³/mol. The van der Waals surface area contributed by atoms with Gasteiger partial charge in [-0.2, -0.15) is 0 Å². The summed E-state index contributed by atoms with van der Waals surface area (Å²) in [5.41, 5.74) is 0.643. The summed E-state index contributed by atoms with van der Waals surface area (Å²) in [5.74, 6) is -1.20. The lowest BCUT2D eigenvalue weighted by Crippen LogP contribution is -2.40. The van der Waals surface area contributed by atoms with Crippen LogP contribution in [0.25, 0.3) is 0 Å². The molecule has 2 rings (SSSR count). The van der Waals surface area contributed by atoms with Gasteiger partial charge in [0, 0.05) is 11.6 Å². The van der Waals surface area contributed by atoms with Crippen LogP contribution in [-0.2, 0) is 9.59 Å². The molecule has 0 fully saturated rings. The molecule has 0 aromatic heterocycles. The maximum Gasteiger partial charge on any atom is 0.323 e. The number of amides is 1. The number of para-hydroxylation sites is 1. The summed E-state index contributed by atoms with van der Waals surface area (Å²) < 4.78 is 0. The Labute approximate surface area is 112 Å². The zero-order valence-corrected chi connectivity index (χ0v) is 10.7. The SMILES string of the molecule is O=C(O)CN(C(=O)C1CC=CCC1)c1ccccc1. The zero-order chi connectivity index (χ0) is 13.7. The number of benzene rings is 1. The smallest absolute Gasteiger partial charge is 0.323 e. The topological polar surface area (TPSA) is 57.6 Å². The molecule has 19 heavy (non-hydrogen) atoms. The Morgan fingerprint density at radius 3 is 2.53 bits per heavy atom. The van der Waals surface area contributed by atoms with Crippen LogP contribution in [-0.4, -0.2) is 23.5 Å². The van der Waals surface area contributed by atoms with E-state index in [1.807, 2.05) is 12.1 Å². The third-order valence-electron chi connectivity index (χ3n) is 3.25. The van der Waals surface area contributed by atoms with E-state index in [9.17, 15) is 9.59 Å². The van der Waals surface area contributed by atoms with Crippen molar-refractivity contribution in [1.29, 1.82) is 0 Å². The first-order chi connectivity index (χ1) is 9.18. The highest BCUT2D eigenvalue weighted by Gasteiger charge is 2.26. The number of carbonyl (C=O) groups excluding carboxylic acids is 1. The number of hydrogen-bond donors (Lipinski definition) is 1. The summed E-state index contributed by atoms with van der Waals surface area (Å²) in [5, 5.41) is 8.98. The molecular formula is C15H17NO3. The van der Waals surface area contributed by atoms with Crippen molar-refractivity contribution in [3.63, 3.8) is 0 Å². The van der Waals surface area contributed by atoms with E-state index >= 15 is 0 Å². The monoisotopic (exact) mass is 259 g/mol. The van der Waals surface area contributed by atoms with E-state index < -0.39 is 5.97 Å². The Hall–Kier alpha value is -2.10. The van der Waals surface area contributed by atoms with Gasteiger partial charge in [-0.15, -0.1) is 0 Å². The van der Waals surface area contributed by atoms with Gasteiger partial charge in [0.2, 0.25) is 5.91 Å². The number of nitrogens with zero attached hydrogens (tertiary/aromatic N) is 1. The number of hydrogen-bond acceptors (Lipinski definition) is 2. The zero-order valence-electron chi connectivity index (χ0n) is 10.7. The van der Waals surface area contributed by atoms with Crippen molar-refractivity contribution in [1.82, 2.24) is 0 Å². The van der Waals surface area contributed by atoms with Crippen LogP contribution < -0.4 is 4.90 Å². The van der Waals surface area contributed by atoms with Gasteiger partial charge in [-0.05, 0) is 31.4 Å². The second-order valence-electron chi connectivity index (χ2n) is 4.64. The normalized spacial score (nSPS) is 18.0. The Balaban J connectivity index is 2.20. The Morgan fingerprint density at radius 2 is 1.95 bits per heavy atom. The summed E-state index contributed by atoms with van der Waals surface area (Å²) in [6.45, 7) is -0.289. The van der Waals surface area contributed by atoms with Crippen LogP contribution in [0.15, 0.2) is 42.5 Å². The maximum absolute atomic E-state index is 12.5. The summed E-state index contributed by atoms with van der Waals surface area (Å²) in [7, 11) is 0. The van der Waals surface area contributed by atoms with E-state index in [2.05, 4.69) is 6.08 Å². The Kier molecular flexibility index (Phi) is 4.34. The molecule has 0 spiro atoms. The van der Waals surface area contributed by atoms with Crippen LogP contribution >= 0.6 is 0 Å². The van der Waals surface area contributed by atoms with E-state index in [-0.39, 0.29) is 18.4 Å². The van der Waals surface area contributed by atoms with Crippen molar-refractivity contribution in [3.05, 3.63) is 42.5 Å². The number of carboxylic acids is 1. The first-order valence-corrected chi connectivity index (χ1v) is 6.41. The van der Waals surface area contributed by atoms with Gasteiger partial charge in [0.25, 0.3) is 0 Å². The van der Waals surface area contributed by atoms with Crippen molar-refractivity contribution < 1.29 is 14.7 Å². The second kappa shape index (κ2) is 6.18. The van der Waals surface area contributed by atoms with Crippen molar-refractivity contribution in [3.8, 4) is 0 Å². The largest absolute Gasteiger partial charge is 0.480 e. The minimum Gasteiger partial charge on any atom is -0.480 e. The fraction of sp³-hybridized carbons (Fsp3) is 0.333. The van der Waals surface area contributed by atoms with Crippen molar-refractivity contribution in [2.75, 3.05) is 11.4 Å². The molecule has 1 N–H and O–H groups in total. The highest BCUT2D eigenvalue weighted by molar-refractivity contribution is 5.98. The van der Waals surface area contributed by atoms with Crippen LogP contribution in [0, 0.1) is 5.92 Å². The third-order valence-corrected chi connectivity index (χ3v) is 3.25. The molecule has 4 heteroatoms. The third kappa shape index (κ3) is 3.44. The van der Waals surface area contributed by atoms with Crippen molar-refractivity contribution >= 4 is 17.6 Å². The second-order valence-corrected chi connectivity index (χ2v) is 4.64. The molecule has 1 amide bonds. The molecule has 4 nitrogen and oxygen atoms in total. The van der Waals surface area contributed by atoms with Crippen molar-refractivity contribution in [2.45, 2.75) is 19.3 Å². The molecular weight excluding hydrogens is 242 g/mol. The average Bonchev–Trinajstić information content (AvgIpc) is 2.46. The van der Waals surface area contributed by atoms with Crippen LogP contribution in [0.1, 0.15) is 19.3 Å². The number of carboxylic acid groups (broad SMARTS) is 1. The molecule has 0 saturated heterocycles. The van der Waals surface area contributed by atoms with E-state index in [1.165, 1.54) is 4.90 Å². The highest BCUT2D eigenvalue weighted by atomic mass is 16.4. The van der Waals surface area contributed by atoms with Gasteiger partial charge >= 0.3 is 5.97 Å². The molecule has 1 aromatic rings. The highest BCUT2D eigenvalue weighted by Crippen LogP contribution is 2.24. The first-order valence-electron chi connectivity index (χ1n) is 6.41. The summed E-state index contributed by atoms with van der Waals surface area (Å²) in [6.07, 6.45) is 6.43. The lowest BCUT2D eigenvalue weighted by atomic mass is 9.93. The number of allylic oxidation sites excluding steroid dienone is 2. The van der Waals surface area contributed by atoms with Crippen LogP contribution in [0.2, 0.25) is 0 Å². The molecule has 1 unspecified atom stereocenters. The quantitative estimate of drug-likeness (QED) is 0.845. The van der Waals surface area contributed by atoms with Gasteiger partial charge in [0.15, 0.2) is 0 Å².